The summed E-state index contributed by atoms with van der Waals surface area (Å²) in [5, 5.41) is 6.63. The van der Waals surface area contributed by atoms with Crippen molar-refractivity contribution in [1.82, 2.24) is 10.6 Å². The molecule has 1 aliphatic rings. The van der Waals surface area contributed by atoms with Crippen molar-refractivity contribution >= 4 is 5.96 Å². The molecule has 0 aromatic heterocycles. The second kappa shape index (κ2) is 10.9. The van der Waals surface area contributed by atoms with Gasteiger partial charge in [-0.05, 0) is 45.1 Å². The summed E-state index contributed by atoms with van der Waals surface area (Å²) in [5.41, 5.74) is 1.13. The predicted molar refractivity (Wildman–Crippen MR) is 98.6 cm³/mol. The third kappa shape index (κ3) is 7.21. The van der Waals surface area contributed by atoms with Crippen molar-refractivity contribution in [3.63, 3.8) is 0 Å². The molecule has 1 saturated carbocycles. The molecule has 2 rings (SSSR count). The monoisotopic (exact) mass is 333 g/mol. The van der Waals surface area contributed by atoms with Crippen LogP contribution in [-0.4, -0.2) is 38.9 Å². The summed E-state index contributed by atoms with van der Waals surface area (Å²) >= 11 is 0. The quantitative estimate of drug-likeness (QED) is 0.371. The summed E-state index contributed by atoms with van der Waals surface area (Å²) in [5.74, 6) is 2.55. The molecule has 134 valence electrons. The Morgan fingerprint density at radius 3 is 2.79 bits per heavy atom. The molecule has 1 fully saturated rings. The zero-order valence-corrected chi connectivity index (χ0v) is 15.0. The van der Waals surface area contributed by atoms with Crippen molar-refractivity contribution in [2.75, 3.05) is 32.9 Å². The molecule has 0 radical (unpaired) electrons. The highest BCUT2D eigenvalue weighted by Crippen LogP contribution is 2.30. The van der Waals surface area contributed by atoms with Crippen molar-refractivity contribution in [2.45, 2.75) is 39.7 Å². The van der Waals surface area contributed by atoms with Crippen LogP contribution in [0.15, 0.2) is 29.3 Å². The van der Waals surface area contributed by atoms with Crippen LogP contribution in [0.2, 0.25) is 0 Å². The van der Waals surface area contributed by atoms with E-state index >= 15 is 0 Å². The summed E-state index contributed by atoms with van der Waals surface area (Å²) in [4.78, 5) is 4.68. The Labute approximate surface area is 145 Å². The van der Waals surface area contributed by atoms with E-state index in [4.69, 9.17) is 9.47 Å². The second-order valence-electron chi connectivity index (χ2n) is 6.03. The number of guanidine groups is 1. The molecular formula is C19H31N3O2. The van der Waals surface area contributed by atoms with Gasteiger partial charge in [0.1, 0.15) is 5.75 Å². The Balaban J connectivity index is 1.84. The van der Waals surface area contributed by atoms with Crippen molar-refractivity contribution in [1.29, 1.82) is 0 Å². The molecule has 0 atom stereocenters. The van der Waals surface area contributed by atoms with E-state index < -0.39 is 0 Å². The average Bonchev–Trinajstić information content (AvgIpc) is 3.42. The van der Waals surface area contributed by atoms with Crippen molar-refractivity contribution in [2.24, 2.45) is 10.9 Å². The summed E-state index contributed by atoms with van der Waals surface area (Å²) < 4.78 is 11.3. The number of nitrogens with one attached hydrogen (secondary N) is 2. The minimum Gasteiger partial charge on any atom is -0.493 e. The predicted octanol–water partition coefficient (Wildman–Crippen LogP) is 2.96. The van der Waals surface area contributed by atoms with Crippen LogP contribution in [0.5, 0.6) is 5.75 Å². The summed E-state index contributed by atoms with van der Waals surface area (Å²) in [6, 6.07) is 8.18. The van der Waals surface area contributed by atoms with Crippen molar-refractivity contribution in [3.8, 4) is 5.75 Å². The molecule has 5 heteroatoms. The van der Waals surface area contributed by atoms with Crippen LogP contribution in [-0.2, 0) is 11.3 Å². The molecule has 2 N–H and O–H groups in total. The lowest BCUT2D eigenvalue weighted by Crippen LogP contribution is -2.38. The molecule has 0 spiro atoms. The third-order valence-electron chi connectivity index (χ3n) is 3.86. The fourth-order valence-corrected chi connectivity index (χ4v) is 2.30. The maximum Gasteiger partial charge on any atom is 0.191 e. The maximum atomic E-state index is 5.95. The van der Waals surface area contributed by atoms with Gasteiger partial charge < -0.3 is 20.1 Å². The lowest BCUT2D eigenvalue weighted by Gasteiger charge is -2.13. The normalized spacial score (nSPS) is 14.5. The molecule has 5 nitrogen and oxygen atoms in total. The van der Waals surface area contributed by atoms with Crippen LogP contribution in [0.3, 0.4) is 0 Å². The van der Waals surface area contributed by atoms with Gasteiger partial charge in [0.2, 0.25) is 0 Å². The molecule has 1 aliphatic carbocycles. The van der Waals surface area contributed by atoms with E-state index in [0.29, 0.717) is 6.54 Å². The van der Waals surface area contributed by atoms with E-state index in [1.165, 1.54) is 12.8 Å². The molecule has 24 heavy (non-hydrogen) atoms. The Morgan fingerprint density at radius 2 is 2.04 bits per heavy atom. The van der Waals surface area contributed by atoms with Crippen molar-refractivity contribution in [3.05, 3.63) is 29.8 Å². The van der Waals surface area contributed by atoms with Crippen LogP contribution in [0.4, 0.5) is 0 Å². The van der Waals surface area contributed by atoms with Gasteiger partial charge in [-0.3, -0.25) is 0 Å². The second-order valence-corrected chi connectivity index (χ2v) is 6.03. The van der Waals surface area contributed by atoms with Crippen LogP contribution >= 0.6 is 0 Å². The van der Waals surface area contributed by atoms with Gasteiger partial charge in [0, 0.05) is 31.9 Å². The maximum absolute atomic E-state index is 5.95. The Bertz CT molecular complexity index is 501. The standard InChI is InChI=1S/C19H31N3O2/c1-3-20-19(21-12-7-13-23-4-2)22-14-17-8-5-6-9-18(17)24-15-16-10-11-16/h5-6,8-9,16H,3-4,7,10-15H2,1-2H3,(H2,20,21,22). The molecule has 0 saturated heterocycles. The van der Waals surface area contributed by atoms with Gasteiger partial charge in [-0.1, -0.05) is 18.2 Å². The number of para-hydroxylation sites is 1. The van der Waals surface area contributed by atoms with Gasteiger partial charge >= 0.3 is 0 Å². The number of rotatable bonds is 11. The smallest absolute Gasteiger partial charge is 0.191 e. The van der Waals surface area contributed by atoms with Crippen LogP contribution in [0.25, 0.3) is 0 Å². The first-order chi connectivity index (χ1) is 11.8. The van der Waals surface area contributed by atoms with E-state index in [2.05, 4.69) is 28.6 Å². The molecule has 0 aliphatic heterocycles. The third-order valence-corrected chi connectivity index (χ3v) is 3.86. The topological polar surface area (TPSA) is 54.9 Å². The first-order valence-electron chi connectivity index (χ1n) is 9.14. The lowest BCUT2D eigenvalue weighted by atomic mass is 10.2. The van der Waals surface area contributed by atoms with E-state index in [1.54, 1.807) is 0 Å². The van der Waals surface area contributed by atoms with Gasteiger partial charge in [-0.15, -0.1) is 0 Å². The number of aliphatic imine (C=N–C) groups is 1. The van der Waals surface area contributed by atoms with Crippen LogP contribution < -0.4 is 15.4 Å². The first kappa shape index (κ1) is 18.6. The summed E-state index contributed by atoms with van der Waals surface area (Å²) in [7, 11) is 0. The minimum atomic E-state index is 0.613. The van der Waals surface area contributed by atoms with Crippen molar-refractivity contribution < 1.29 is 9.47 Å². The zero-order chi connectivity index (χ0) is 17.0. The van der Waals surface area contributed by atoms with E-state index in [-0.39, 0.29) is 0 Å². The molecule has 1 aromatic rings. The zero-order valence-electron chi connectivity index (χ0n) is 15.0. The van der Waals surface area contributed by atoms with Gasteiger partial charge in [-0.25, -0.2) is 4.99 Å². The first-order valence-corrected chi connectivity index (χ1v) is 9.14. The molecule has 0 unspecified atom stereocenters. The van der Waals surface area contributed by atoms with Crippen LogP contribution in [0.1, 0.15) is 38.7 Å². The number of hydrogen-bond acceptors (Lipinski definition) is 3. The van der Waals surface area contributed by atoms with E-state index in [9.17, 15) is 0 Å². The Kier molecular flexibility index (Phi) is 8.46. The van der Waals surface area contributed by atoms with Gasteiger partial charge in [0.05, 0.1) is 13.2 Å². The van der Waals surface area contributed by atoms with Gasteiger partial charge in [0.25, 0.3) is 0 Å². The number of hydrogen-bond donors (Lipinski definition) is 2. The number of nitrogens with zero attached hydrogens (tertiary/aromatic N) is 1. The molecule has 0 heterocycles. The number of ether oxygens (including phenoxy) is 2. The lowest BCUT2D eigenvalue weighted by molar-refractivity contribution is 0.145. The molecule has 0 bridgehead atoms. The fraction of sp³-hybridized carbons (Fsp3) is 0.632. The largest absolute Gasteiger partial charge is 0.493 e. The molecule has 1 aromatic carbocycles. The Morgan fingerprint density at radius 1 is 1.21 bits per heavy atom. The summed E-state index contributed by atoms with van der Waals surface area (Å²) in [6.07, 6.45) is 3.58. The molecule has 0 amide bonds. The van der Waals surface area contributed by atoms with E-state index in [1.807, 2.05) is 25.1 Å². The number of benzene rings is 1. The highest BCUT2D eigenvalue weighted by atomic mass is 16.5. The highest BCUT2D eigenvalue weighted by molar-refractivity contribution is 5.79. The van der Waals surface area contributed by atoms with Gasteiger partial charge in [0.15, 0.2) is 5.96 Å². The molecular weight excluding hydrogens is 302 g/mol. The minimum absolute atomic E-state index is 0.613. The highest BCUT2D eigenvalue weighted by Gasteiger charge is 2.22. The fourth-order valence-electron chi connectivity index (χ4n) is 2.30. The Hall–Kier alpha value is -1.75. The van der Waals surface area contributed by atoms with Crippen LogP contribution in [0, 0.1) is 5.92 Å². The SMILES string of the molecule is CCNC(=NCc1ccccc1OCC1CC1)NCCCOCC. The van der Waals surface area contributed by atoms with Gasteiger partial charge in [-0.2, -0.15) is 0 Å². The van der Waals surface area contributed by atoms with E-state index in [0.717, 1.165) is 62.5 Å². The average molecular weight is 333 g/mol. The summed E-state index contributed by atoms with van der Waals surface area (Å²) in [6.45, 7) is 8.78.